The van der Waals surface area contributed by atoms with Gasteiger partial charge in [0.2, 0.25) is 5.95 Å². The summed E-state index contributed by atoms with van der Waals surface area (Å²) in [6.07, 6.45) is 2.74. The van der Waals surface area contributed by atoms with Crippen LogP contribution in [0.15, 0.2) is 30.5 Å². The van der Waals surface area contributed by atoms with Crippen LogP contribution in [-0.4, -0.2) is 27.1 Å². The van der Waals surface area contributed by atoms with Crippen molar-refractivity contribution in [2.24, 2.45) is 0 Å². The van der Waals surface area contributed by atoms with Crippen LogP contribution in [-0.2, 0) is 4.79 Å². The molecule has 1 unspecified atom stereocenters. The van der Waals surface area contributed by atoms with E-state index in [0.717, 1.165) is 12.0 Å². The van der Waals surface area contributed by atoms with E-state index in [1.807, 2.05) is 6.92 Å². The Bertz CT molecular complexity index is 676. The molecule has 6 heteroatoms. The number of aromatic nitrogens is 2. The minimum absolute atomic E-state index is 0.185. The summed E-state index contributed by atoms with van der Waals surface area (Å²) >= 11 is 0. The molecule has 0 spiro atoms. The van der Waals surface area contributed by atoms with Crippen LogP contribution in [0.1, 0.15) is 25.3 Å². The molecule has 0 bridgehead atoms. The van der Waals surface area contributed by atoms with Gasteiger partial charge in [-0.15, -0.1) is 0 Å². The first-order valence-electron chi connectivity index (χ1n) is 7.10. The van der Waals surface area contributed by atoms with Crippen LogP contribution in [0.4, 0.5) is 10.3 Å². The monoisotopic (exact) mass is 303 g/mol. The summed E-state index contributed by atoms with van der Waals surface area (Å²) in [7, 11) is 0. The van der Waals surface area contributed by atoms with Crippen molar-refractivity contribution in [3.8, 4) is 11.3 Å². The van der Waals surface area contributed by atoms with E-state index in [9.17, 15) is 14.3 Å². The molecule has 116 valence electrons. The fourth-order valence-electron chi connectivity index (χ4n) is 2.14. The lowest BCUT2D eigenvalue weighted by Crippen LogP contribution is -2.30. The molecular formula is C16H18FN3O2. The second-order valence-electron chi connectivity index (χ2n) is 5.03. The Labute approximate surface area is 128 Å². The first-order chi connectivity index (χ1) is 10.5. The van der Waals surface area contributed by atoms with Gasteiger partial charge < -0.3 is 10.4 Å². The highest BCUT2D eigenvalue weighted by molar-refractivity contribution is 5.76. The number of benzene rings is 1. The van der Waals surface area contributed by atoms with Crippen LogP contribution in [0, 0.1) is 12.7 Å². The Kier molecular flexibility index (Phi) is 5.04. The van der Waals surface area contributed by atoms with Crippen molar-refractivity contribution in [2.45, 2.75) is 32.7 Å². The standard InChI is InChI=1S/C16H18FN3O2/c1-3-6-13(15(21)22)19-16-18-9-10(2)14(20-16)11-7-4-5-8-12(11)17/h4-5,7-9,13H,3,6H2,1-2H3,(H,21,22)(H,18,19,20). The molecule has 0 amide bonds. The number of anilines is 1. The maximum absolute atomic E-state index is 13.9. The van der Waals surface area contributed by atoms with E-state index < -0.39 is 12.0 Å². The SMILES string of the molecule is CCCC(Nc1ncc(C)c(-c2ccccc2F)n1)C(=O)O. The highest BCUT2D eigenvalue weighted by atomic mass is 19.1. The summed E-state index contributed by atoms with van der Waals surface area (Å²) in [5.41, 5.74) is 1.54. The van der Waals surface area contributed by atoms with Gasteiger partial charge in [-0.2, -0.15) is 0 Å². The van der Waals surface area contributed by atoms with Crippen molar-refractivity contribution < 1.29 is 14.3 Å². The van der Waals surface area contributed by atoms with E-state index in [1.165, 1.54) is 6.07 Å². The highest BCUT2D eigenvalue weighted by Gasteiger charge is 2.18. The van der Waals surface area contributed by atoms with E-state index in [0.29, 0.717) is 17.7 Å². The average Bonchev–Trinajstić information content (AvgIpc) is 2.49. The third-order valence-corrected chi connectivity index (χ3v) is 3.28. The highest BCUT2D eigenvalue weighted by Crippen LogP contribution is 2.24. The van der Waals surface area contributed by atoms with E-state index in [2.05, 4.69) is 15.3 Å². The van der Waals surface area contributed by atoms with Crippen LogP contribution in [0.5, 0.6) is 0 Å². The lowest BCUT2D eigenvalue weighted by atomic mass is 10.1. The maximum atomic E-state index is 13.9. The summed E-state index contributed by atoms with van der Waals surface area (Å²) in [5.74, 6) is -1.15. The van der Waals surface area contributed by atoms with Crippen LogP contribution < -0.4 is 5.32 Å². The van der Waals surface area contributed by atoms with Crippen molar-refractivity contribution >= 4 is 11.9 Å². The Morgan fingerprint density at radius 2 is 2.14 bits per heavy atom. The smallest absolute Gasteiger partial charge is 0.326 e. The Hall–Kier alpha value is -2.50. The predicted octanol–water partition coefficient (Wildman–Crippen LogP) is 3.26. The van der Waals surface area contributed by atoms with Gasteiger partial charge >= 0.3 is 5.97 Å². The maximum Gasteiger partial charge on any atom is 0.326 e. The number of nitrogens with one attached hydrogen (secondary N) is 1. The van der Waals surface area contributed by atoms with Gasteiger partial charge in [0.25, 0.3) is 0 Å². The third kappa shape index (κ3) is 3.58. The fourth-order valence-corrected chi connectivity index (χ4v) is 2.14. The molecule has 2 rings (SSSR count). The number of nitrogens with zero attached hydrogens (tertiary/aromatic N) is 2. The summed E-state index contributed by atoms with van der Waals surface area (Å²) in [5, 5.41) is 12.0. The topological polar surface area (TPSA) is 75.1 Å². The molecule has 22 heavy (non-hydrogen) atoms. The molecule has 0 aliphatic heterocycles. The number of carbonyl (C=O) groups is 1. The summed E-state index contributed by atoms with van der Waals surface area (Å²) < 4.78 is 13.9. The zero-order valence-electron chi connectivity index (χ0n) is 12.5. The van der Waals surface area contributed by atoms with Gasteiger partial charge in [0.05, 0.1) is 5.69 Å². The second kappa shape index (κ2) is 6.98. The van der Waals surface area contributed by atoms with Gasteiger partial charge in [-0.1, -0.05) is 25.5 Å². The molecule has 0 saturated carbocycles. The lowest BCUT2D eigenvalue weighted by Gasteiger charge is -2.15. The molecule has 0 fully saturated rings. The average molecular weight is 303 g/mol. The van der Waals surface area contributed by atoms with Crippen LogP contribution in [0.3, 0.4) is 0 Å². The van der Waals surface area contributed by atoms with Crippen molar-refractivity contribution in [3.63, 3.8) is 0 Å². The van der Waals surface area contributed by atoms with Gasteiger partial charge in [-0.25, -0.2) is 19.2 Å². The van der Waals surface area contributed by atoms with Gasteiger partial charge in [0, 0.05) is 11.8 Å². The Morgan fingerprint density at radius 3 is 2.77 bits per heavy atom. The zero-order valence-corrected chi connectivity index (χ0v) is 12.5. The van der Waals surface area contributed by atoms with Crippen molar-refractivity contribution in [1.82, 2.24) is 9.97 Å². The van der Waals surface area contributed by atoms with Gasteiger partial charge in [-0.3, -0.25) is 0 Å². The van der Waals surface area contributed by atoms with Gasteiger partial charge in [-0.05, 0) is 31.0 Å². The summed E-state index contributed by atoms with van der Waals surface area (Å²) in [4.78, 5) is 19.6. The quantitative estimate of drug-likeness (QED) is 0.856. The number of hydrogen-bond donors (Lipinski definition) is 2. The second-order valence-corrected chi connectivity index (χ2v) is 5.03. The van der Waals surface area contributed by atoms with Gasteiger partial charge in [0.15, 0.2) is 0 Å². The summed E-state index contributed by atoms with van der Waals surface area (Å²) in [6, 6.07) is 5.57. The van der Waals surface area contributed by atoms with E-state index in [1.54, 1.807) is 31.3 Å². The summed E-state index contributed by atoms with van der Waals surface area (Å²) in [6.45, 7) is 3.69. The number of aryl methyl sites for hydroxylation is 1. The molecule has 2 N–H and O–H groups in total. The molecule has 0 radical (unpaired) electrons. The van der Waals surface area contributed by atoms with Gasteiger partial charge in [0.1, 0.15) is 11.9 Å². The number of carboxylic acids is 1. The fraction of sp³-hybridized carbons (Fsp3) is 0.312. The van der Waals surface area contributed by atoms with Crippen molar-refractivity contribution in [3.05, 3.63) is 41.8 Å². The van der Waals surface area contributed by atoms with E-state index >= 15 is 0 Å². The first-order valence-corrected chi connectivity index (χ1v) is 7.10. The molecule has 2 aromatic rings. The molecular weight excluding hydrogens is 285 g/mol. The molecule has 5 nitrogen and oxygen atoms in total. The van der Waals surface area contributed by atoms with E-state index in [-0.39, 0.29) is 11.8 Å². The van der Waals surface area contributed by atoms with E-state index in [4.69, 9.17) is 0 Å². The van der Waals surface area contributed by atoms with Crippen LogP contribution in [0.25, 0.3) is 11.3 Å². The molecule has 0 aliphatic carbocycles. The minimum atomic E-state index is -0.960. The first kappa shape index (κ1) is 15.9. The molecule has 0 aliphatic rings. The van der Waals surface area contributed by atoms with Crippen LogP contribution in [0.2, 0.25) is 0 Å². The molecule has 0 saturated heterocycles. The minimum Gasteiger partial charge on any atom is -0.480 e. The number of aliphatic carboxylic acids is 1. The molecule has 1 heterocycles. The van der Waals surface area contributed by atoms with Crippen molar-refractivity contribution in [2.75, 3.05) is 5.32 Å². The number of hydrogen-bond acceptors (Lipinski definition) is 4. The molecule has 1 aromatic heterocycles. The zero-order chi connectivity index (χ0) is 16.1. The lowest BCUT2D eigenvalue weighted by molar-refractivity contribution is -0.138. The predicted molar refractivity (Wildman–Crippen MR) is 82.1 cm³/mol. The Balaban J connectivity index is 2.35. The van der Waals surface area contributed by atoms with Crippen molar-refractivity contribution in [1.29, 1.82) is 0 Å². The molecule has 1 aromatic carbocycles. The third-order valence-electron chi connectivity index (χ3n) is 3.28. The number of rotatable bonds is 6. The number of carboxylic acid groups (broad SMARTS) is 1. The largest absolute Gasteiger partial charge is 0.480 e. The Morgan fingerprint density at radius 1 is 1.41 bits per heavy atom. The number of halogens is 1. The van der Waals surface area contributed by atoms with Crippen LogP contribution >= 0.6 is 0 Å². The normalized spacial score (nSPS) is 12.0. The molecule has 1 atom stereocenters.